The summed E-state index contributed by atoms with van der Waals surface area (Å²) in [4.78, 5) is 0. The van der Waals surface area contributed by atoms with E-state index in [0.29, 0.717) is 11.8 Å². The summed E-state index contributed by atoms with van der Waals surface area (Å²) in [6.07, 6.45) is 3.88. The number of rotatable bonds is 5. The molecule has 1 aliphatic rings. The Morgan fingerprint density at radius 2 is 2.05 bits per heavy atom. The second-order valence-electron chi connectivity index (χ2n) is 5.46. The zero-order valence-corrected chi connectivity index (χ0v) is 12.0. The van der Waals surface area contributed by atoms with Gasteiger partial charge in [0.2, 0.25) is 0 Å². The molecule has 2 nitrogen and oxygen atoms in total. The van der Waals surface area contributed by atoms with Gasteiger partial charge in [0.25, 0.3) is 0 Å². The fraction of sp³-hybridized carbons (Fsp3) is 0.500. The van der Waals surface area contributed by atoms with Gasteiger partial charge in [-0.1, -0.05) is 24.6 Å². The molecule has 102 valence electrons. The molecule has 0 spiro atoms. The summed E-state index contributed by atoms with van der Waals surface area (Å²) >= 11 is 1.80. The lowest BCUT2D eigenvalue weighted by molar-refractivity contribution is 0.0761. The molecule has 0 radical (unpaired) electrons. The maximum Gasteiger partial charge on any atom is 0.0731 e. The van der Waals surface area contributed by atoms with Crippen LogP contribution < -0.4 is 5.73 Å². The van der Waals surface area contributed by atoms with Crippen molar-refractivity contribution in [1.29, 1.82) is 0 Å². The van der Waals surface area contributed by atoms with Crippen molar-refractivity contribution in [2.24, 2.45) is 17.6 Å². The van der Waals surface area contributed by atoms with Crippen LogP contribution in [0, 0.1) is 11.8 Å². The Bertz CT molecular complexity index is 536. The Balaban J connectivity index is 1.57. The molecule has 1 aliphatic carbocycles. The lowest BCUT2D eigenvalue weighted by Crippen LogP contribution is -2.22. The number of thiophene rings is 1. The molecule has 0 amide bonds. The molecular weight excluding hydrogens is 254 g/mol. The lowest BCUT2D eigenvalue weighted by atomic mass is 9.97. The fourth-order valence-corrected chi connectivity index (χ4v) is 4.06. The standard InChI is InChI=1S/C16H21NOS/c17-8-12-4-3-5-13(12)9-18-10-14-11-19-16-7-2-1-6-15(14)16/h1-2,6-7,11-13H,3-5,8-10,17H2. The van der Waals surface area contributed by atoms with Crippen LogP contribution in [-0.2, 0) is 11.3 Å². The zero-order valence-electron chi connectivity index (χ0n) is 11.2. The maximum absolute atomic E-state index is 5.95. The molecule has 1 fully saturated rings. The van der Waals surface area contributed by atoms with Crippen LogP contribution in [0.2, 0.25) is 0 Å². The summed E-state index contributed by atoms with van der Waals surface area (Å²) in [6.45, 7) is 2.42. The molecule has 0 saturated heterocycles. The van der Waals surface area contributed by atoms with E-state index in [1.165, 1.54) is 34.9 Å². The first-order valence-electron chi connectivity index (χ1n) is 7.11. The molecular formula is C16H21NOS. The summed E-state index contributed by atoms with van der Waals surface area (Å²) in [5.41, 5.74) is 7.13. The van der Waals surface area contributed by atoms with E-state index in [2.05, 4.69) is 29.6 Å². The van der Waals surface area contributed by atoms with Crippen molar-refractivity contribution in [1.82, 2.24) is 0 Å². The van der Waals surface area contributed by atoms with Crippen LogP contribution in [0.3, 0.4) is 0 Å². The largest absolute Gasteiger partial charge is 0.376 e. The maximum atomic E-state index is 5.95. The number of benzene rings is 1. The van der Waals surface area contributed by atoms with Crippen molar-refractivity contribution in [2.75, 3.05) is 13.2 Å². The molecule has 2 N–H and O–H groups in total. The van der Waals surface area contributed by atoms with E-state index in [1.54, 1.807) is 11.3 Å². The highest BCUT2D eigenvalue weighted by Gasteiger charge is 2.25. The Hall–Kier alpha value is -0.900. The molecule has 2 unspecified atom stereocenters. The van der Waals surface area contributed by atoms with Gasteiger partial charge in [0.1, 0.15) is 0 Å². The van der Waals surface area contributed by atoms with Crippen molar-refractivity contribution >= 4 is 21.4 Å². The summed E-state index contributed by atoms with van der Waals surface area (Å²) in [7, 11) is 0. The first kappa shape index (κ1) is 13.1. The van der Waals surface area contributed by atoms with Crippen molar-refractivity contribution < 1.29 is 4.74 Å². The normalized spacial score (nSPS) is 23.2. The van der Waals surface area contributed by atoms with Gasteiger partial charge in [-0.25, -0.2) is 0 Å². The number of nitrogens with two attached hydrogens (primary N) is 1. The van der Waals surface area contributed by atoms with Crippen LogP contribution in [-0.4, -0.2) is 13.2 Å². The molecule has 1 aromatic carbocycles. The van der Waals surface area contributed by atoms with Crippen molar-refractivity contribution in [3.05, 3.63) is 35.2 Å². The fourth-order valence-electron chi connectivity index (χ4n) is 3.11. The van der Waals surface area contributed by atoms with E-state index in [9.17, 15) is 0 Å². The summed E-state index contributed by atoms with van der Waals surface area (Å²) in [6, 6.07) is 8.54. The van der Waals surface area contributed by atoms with E-state index in [1.807, 2.05) is 0 Å². The first-order valence-corrected chi connectivity index (χ1v) is 7.99. The van der Waals surface area contributed by atoms with Gasteiger partial charge in [-0.2, -0.15) is 0 Å². The quantitative estimate of drug-likeness (QED) is 0.901. The highest BCUT2D eigenvalue weighted by atomic mass is 32.1. The first-order chi connectivity index (χ1) is 9.38. The van der Waals surface area contributed by atoms with Crippen LogP contribution in [0.1, 0.15) is 24.8 Å². The van der Waals surface area contributed by atoms with Gasteiger partial charge in [0.15, 0.2) is 0 Å². The van der Waals surface area contributed by atoms with Gasteiger partial charge in [-0.3, -0.25) is 0 Å². The molecule has 0 bridgehead atoms. The predicted molar refractivity (Wildman–Crippen MR) is 81.4 cm³/mol. The van der Waals surface area contributed by atoms with E-state index in [-0.39, 0.29) is 0 Å². The minimum Gasteiger partial charge on any atom is -0.376 e. The highest BCUT2D eigenvalue weighted by Crippen LogP contribution is 2.32. The zero-order chi connectivity index (χ0) is 13.1. The van der Waals surface area contributed by atoms with Crippen LogP contribution in [0.5, 0.6) is 0 Å². The Labute approximate surface area is 118 Å². The van der Waals surface area contributed by atoms with Gasteiger partial charge in [0.05, 0.1) is 13.2 Å². The Morgan fingerprint density at radius 3 is 2.95 bits per heavy atom. The van der Waals surface area contributed by atoms with Crippen LogP contribution in [0.15, 0.2) is 29.6 Å². The lowest BCUT2D eigenvalue weighted by Gasteiger charge is -2.17. The van der Waals surface area contributed by atoms with Crippen molar-refractivity contribution in [3.8, 4) is 0 Å². The third kappa shape index (κ3) is 2.83. The van der Waals surface area contributed by atoms with Crippen LogP contribution >= 0.6 is 11.3 Å². The minimum absolute atomic E-state index is 0.676. The monoisotopic (exact) mass is 275 g/mol. The van der Waals surface area contributed by atoms with E-state index < -0.39 is 0 Å². The molecule has 3 rings (SSSR count). The Kier molecular flexibility index (Phi) is 4.16. The summed E-state index contributed by atoms with van der Waals surface area (Å²) in [5, 5.41) is 3.56. The second-order valence-corrected chi connectivity index (χ2v) is 6.37. The third-order valence-electron chi connectivity index (χ3n) is 4.27. The smallest absolute Gasteiger partial charge is 0.0731 e. The van der Waals surface area contributed by atoms with Crippen LogP contribution in [0.4, 0.5) is 0 Å². The summed E-state index contributed by atoms with van der Waals surface area (Å²) in [5.74, 6) is 1.36. The van der Waals surface area contributed by atoms with Gasteiger partial charge >= 0.3 is 0 Å². The highest BCUT2D eigenvalue weighted by molar-refractivity contribution is 7.17. The molecule has 1 heterocycles. The van der Waals surface area contributed by atoms with Crippen LogP contribution in [0.25, 0.3) is 10.1 Å². The molecule has 0 aliphatic heterocycles. The molecule has 1 saturated carbocycles. The molecule has 19 heavy (non-hydrogen) atoms. The average molecular weight is 275 g/mol. The Morgan fingerprint density at radius 1 is 1.21 bits per heavy atom. The molecule has 3 heteroatoms. The predicted octanol–water partition coefficient (Wildman–Crippen LogP) is 3.79. The van der Waals surface area contributed by atoms with Crippen molar-refractivity contribution in [2.45, 2.75) is 25.9 Å². The van der Waals surface area contributed by atoms with E-state index in [0.717, 1.165) is 19.8 Å². The number of hydrogen-bond acceptors (Lipinski definition) is 3. The second kappa shape index (κ2) is 6.04. The number of ether oxygens (including phenoxy) is 1. The number of fused-ring (bicyclic) bond motifs is 1. The van der Waals surface area contributed by atoms with Gasteiger partial charge in [-0.15, -0.1) is 11.3 Å². The van der Waals surface area contributed by atoms with Gasteiger partial charge < -0.3 is 10.5 Å². The summed E-state index contributed by atoms with van der Waals surface area (Å²) < 4.78 is 7.30. The average Bonchev–Trinajstić information content (AvgIpc) is 3.06. The van der Waals surface area contributed by atoms with Gasteiger partial charge in [-0.05, 0) is 53.6 Å². The SMILES string of the molecule is NCC1CCCC1COCc1csc2ccccc12. The molecule has 1 aromatic heterocycles. The number of hydrogen-bond donors (Lipinski definition) is 1. The van der Waals surface area contributed by atoms with E-state index in [4.69, 9.17) is 10.5 Å². The minimum atomic E-state index is 0.676. The van der Waals surface area contributed by atoms with Gasteiger partial charge in [0, 0.05) is 4.70 Å². The topological polar surface area (TPSA) is 35.2 Å². The third-order valence-corrected chi connectivity index (χ3v) is 5.28. The van der Waals surface area contributed by atoms with E-state index >= 15 is 0 Å². The molecule has 2 atom stereocenters. The molecule has 2 aromatic rings. The van der Waals surface area contributed by atoms with Crippen molar-refractivity contribution in [3.63, 3.8) is 0 Å².